The molecule has 0 aliphatic carbocycles. The monoisotopic (exact) mass is 324 g/mol. The third kappa shape index (κ3) is 2.33. The van der Waals surface area contributed by atoms with Crippen molar-refractivity contribution in [1.82, 2.24) is 9.47 Å². The molecular formula is C21H28N2O. The van der Waals surface area contributed by atoms with Crippen LogP contribution in [0, 0.1) is 5.92 Å². The zero-order valence-electron chi connectivity index (χ0n) is 15.0. The highest BCUT2D eigenvalue weighted by Crippen LogP contribution is 2.47. The summed E-state index contributed by atoms with van der Waals surface area (Å²) in [6.07, 6.45) is 6.39. The average molecular weight is 324 g/mol. The zero-order chi connectivity index (χ0) is 16.8. The Bertz CT molecular complexity index is 762. The van der Waals surface area contributed by atoms with E-state index in [1.165, 1.54) is 29.3 Å². The summed E-state index contributed by atoms with van der Waals surface area (Å²) in [5.74, 6) is 1.01. The van der Waals surface area contributed by atoms with Crippen molar-refractivity contribution in [3.63, 3.8) is 0 Å². The lowest BCUT2D eigenvalue weighted by Gasteiger charge is -2.42. The minimum Gasteiger partial charge on any atom is -0.348 e. The van der Waals surface area contributed by atoms with Crippen LogP contribution in [0.25, 0.3) is 10.9 Å². The first-order chi connectivity index (χ1) is 11.6. The fourth-order valence-electron chi connectivity index (χ4n) is 5.21. The van der Waals surface area contributed by atoms with Crippen molar-refractivity contribution in [2.45, 2.75) is 64.1 Å². The molecule has 2 saturated heterocycles. The predicted molar refractivity (Wildman–Crippen MR) is 98.3 cm³/mol. The van der Waals surface area contributed by atoms with E-state index in [2.05, 4.69) is 53.9 Å². The number of ketones is 1. The van der Waals surface area contributed by atoms with Gasteiger partial charge in [-0.3, -0.25) is 9.69 Å². The number of carbonyl (C=O) groups is 1. The maximum absolute atomic E-state index is 12.8. The first-order valence-electron chi connectivity index (χ1n) is 9.47. The van der Waals surface area contributed by atoms with Crippen molar-refractivity contribution in [1.29, 1.82) is 0 Å². The van der Waals surface area contributed by atoms with E-state index in [0.717, 1.165) is 13.0 Å². The Kier molecular flexibility index (Phi) is 4.00. The molecule has 4 atom stereocenters. The molecule has 0 radical (unpaired) electrons. The summed E-state index contributed by atoms with van der Waals surface area (Å²) in [4.78, 5) is 15.3. The molecule has 2 aliphatic rings. The molecule has 2 aromatic rings. The molecule has 1 aromatic carbocycles. The van der Waals surface area contributed by atoms with Crippen LogP contribution in [-0.4, -0.2) is 34.4 Å². The van der Waals surface area contributed by atoms with Crippen molar-refractivity contribution in [3.8, 4) is 0 Å². The number of benzene rings is 1. The fraction of sp³-hybridized carbons (Fsp3) is 0.571. The standard InChI is InChI=1S/C21H28N2O/c1-4-20(24)21-17(13-16-7-9-19(21)22(16)3)14-6-8-18-15(12-14)10-11-23(18)5-2/h6,8,10-12,16-17,19,21H,4-5,7,9,13H2,1-3H3/t16-,17+,19+,21-/m0/s1. The number of hydrogen-bond acceptors (Lipinski definition) is 2. The largest absolute Gasteiger partial charge is 0.348 e. The molecule has 1 aromatic heterocycles. The van der Waals surface area contributed by atoms with Crippen LogP contribution in [0.1, 0.15) is 51.0 Å². The van der Waals surface area contributed by atoms with E-state index in [-0.39, 0.29) is 5.92 Å². The quantitative estimate of drug-likeness (QED) is 0.842. The van der Waals surface area contributed by atoms with Gasteiger partial charge in [0.1, 0.15) is 5.78 Å². The summed E-state index contributed by atoms with van der Waals surface area (Å²) in [7, 11) is 2.22. The molecule has 2 aliphatic heterocycles. The van der Waals surface area contributed by atoms with Crippen LogP contribution in [0.15, 0.2) is 30.5 Å². The van der Waals surface area contributed by atoms with E-state index in [0.29, 0.717) is 30.2 Å². The maximum Gasteiger partial charge on any atom is 0.137 e. The summed E-state index contributed by atoms with van der Waals surface area (Å²) in [6, 6.07) is 10.2. The Morgan fingerprint density at radius 3 is 2.79 bits per heavy atom. The van der Waals surface area contributed by atoms with E-state index in [4.69, 9.17) is 0 Å². The van der Waals surface area contributed by atoms with Gasteiger partial charge in [-0.2, -0.15) is 0 Å². The number of fused-ring (bicyclic) bond motifs is 3. The van der Waals surface area contributed by atoms with E-state index >= 15 is 0 Å². The molecule has 128 valence electrons. The second-order valence-electron chi connectivity index (χ2n) is 7.57. The predicted octanol–water partition coefficient (Wildman–Crippen LogP) is 4.21. The van der Waals surface area contributed by atoms with Gasteiger partial charge < -0.3 is 4.57 Å². The Labute approximate surface area is 144 Å². The van der Waals surface area contributed by atoms with Crippen molar-refractivity contribution in [3.05, 3.63) is 36.0 Å². The summed E-state index contributed by atoms with van der Waals surface area (Å²) in [5.41, 5.74) is 2.67. The Hall–Kier alpha value is -1.61. The second-order valence-corrected chi connectivity index (χ2v) is 7.57. The van der Waals surface area contributed by atoms with Crippen molar-refractivity contribution < 1.29 is 4.79 Å². The molecular weight excluding hydrogens is 296 g/mol. The van der Waals surface area contributed by atoms with Gasteiger partial charge in [0.15, 0.2) is 0 Å². The maximum atomic E-state index is 12.8. The van der Waals surface area contributed by atoms with Crippen LogP contribution in [0.2, 0.25) is 0 Å². The molecule has 0 saturated carbocycles. The highest BCUT2D eigenvalue weighted by atomic mass is 16.1. The highest BCUT2D eigenvalue weighted by Gasteiger charge is 2.48. The van der Waals surface area contributed by atoms with Crippen molar-refractivity contribution in [2.24, 2.45) is 5.92 Å². The van der Waals surface area contributed by atoms with Crippen LogP contribution < -0.4 is 0 Å². The molecule has 3 nitrogen and oxygen atoms in total. The number of nitrogens with zero attached hydrogens (tertiary/aromatic N) is 2. The first-order valence-corrected chi connectivity index (χ1v) is 9.47. The molecule has 2 bridgehead atoms. The molecule has 24 heavy (non-hydrogen) atoms. The number of rotatable bonds is 4. The van der Waals surface area contributed by atoms with Gasteiger partial charge >= 0.3 is 0 Å². The van der Waals surface area contributed by atoms with Gasteiger partial charge in [-0.1, -0.05) is 13.0 Å². The third-order valence-corrected chi connectivity index (χ3v) is 6.55. The Morgan fingerprint density at radius 2 is 2.04 bits per heavy atom. The number of piperidine rings is 1. The number of Topliss-reactive ketones (excluding diaryl/α,β-unsaturated/α-hetero) is 1. The normalized spacial score (nSPS) is 30.1. The zero-order valence-corrected chi connectivity index (χ0v) is 15.0. The number of aryl methyl sites for hydroxylation is 1. The van der Waals surface area contributed by atoms with E-state index in [1.54, 1.807) is 0 Å². The van der Waals surface area contributed by atoms with Crippen LogP contribution in [0.3, 0.4) is 0 Å². The third-order valence-electron chi connectivity index (χ3n) is 6.55. The lowest BCUT2D eigenvalue weighted by Crippen LogP contribution is -2.48. The number of aromatic nitrogens is 1. The fourth-order valence-corrected chi connectivity index (χ4v) is 5.21. The van der Waals surface area contributed by atoms with Gasteiger partial charge in [-0.25, -0.2) is 0 Å². The number of carbonyl (C=O) groups excluding carboxylic acids is 1. The van der Waals surface area contributed by atoms with Gasteiger partial charge in [0.25, 0.3) is 0 Å². The number of hydrogen-bond donors (Lipinski definition) is 0. The minimum atomic E-state index is 0.171. The van der Waals surface area contributed by atoms with E-state index in [1.807, 2.05) is 6.92 Å². The van der Waals surface area contributed by atoms with Gasteiger partial charge in [0.05, 0.1) is 0 Å². The summed E-state index contributed by atoms with van der Waals surface area (Å²) < 4.78 is 2.28. The van der Waals surface area contributed by atoms with E-state index in [9.17, 15) is 4.79 Å². The van der Waals surface area contributed by atoms with Crippen LogP contribution in [-0.2, 0) is 11.3 Å². The Balaban J connectivity index is 1.74. The highest BCUT2D eigenvalue weighted by molar-refractivity contribution is 5.84. The summed E-state index contributed by atoms with van der Waals surface area (Å²) in [6.45, 7) is 5.20. The lowest BCUT2D eigenvalue weighted by atomic mass is 9.73. The van der Waals surface area contributed by atoms with Gasteiger partial charge in [0.2, 0.25) is 0 Å². The molecule has 0 amide bonds. The summed E-state index contributed by atoms with van der Waals surface area (Å²) >= 11 is 0. The smallest absolute Gasteiger partial charge is 0.137 e. The topological polar surface area (TPSA) is 25.2 Å². The van der Waals surface area contributed by atoms with Crippen molar-refractivity contribution in [2.75, 3.05) is 7.05 Å². The summed E-state index contributed by atoms with van der Waals surface area (Å²) in [5, 5.41) is 1.31. The molecule has 0 N–H and O–H groups in total. The molecule has 0 unspecified atom stereocenters. The van der Waals surface area contributed by atoms with E-state index < -0.39 is 0 Å². The molecule has 3 heterocycles. The molecule has 3 heteroatoms. The second kappa shape index (κ2) is 6.03. The molecule has 2 fully saturated rings. The van der Waals surface area contributed by atoms with Gasteiger partial charge in [-0.15, -0.1) is 0 Å². The van der Waals surface area contributed by atoms with Crippen LogP contribution >= 0.6 is 0 Å². The average Bonchev–Trinajstić information content (AvgIpc) is 3.10. The molecule has 4 rings (SSSR count). The Morgan fingerprint density at radius 1 is 1.21 bits per heavy atom. The minimum absolute atomic E-state index is 0.171. The molecule has 0 spiro atoms. The SMILES string of the molecule is CCC(=O)[C@H]1[C@@H](c2ccc3c(ccn3CC)c2)C[C@@H]2CC[C@H]1N2C. The van der Waals surface area contributed by atoms with Crippen LogP contribution in [0.4, 0.5) is 0 Å². The first kappa shape index (κ1) is 15.9. The lowest BCUT2D eigenvalue weighted by molar-refractivity contribution is -0.126. The van der Waals surface area contributed by atoms with Crippen LogP contribution in [0.5, 0.6) is 0 Å². The van der Waals surface area contributed by atoms with Gasteiger partial charge in [0, 0.05) is 42.7 Å². The van der Waals surface area contributed by atoms with Crippen molar-refractivity contribution >= 4 is 16.7 Å². The van der Waals surface area contributed by atoms with Gasteiger partial charge in [-0.05, 0) is 68.3 Å².